The Hall–Kier alpha value is -0.780. The maximum absolute atomic E-state index is 11.5. The van der Waals surface area contributed by atoms with Gasteiger partial charge in [0.1, 0.15) is 0 Å². The minimum absolute atomic E-state index is 0.0180. The van der Waals surface area contributed by atoms with Crippen molar-refractivity contribution in [2.24, 2.45) is 16.3 Å². The highest BCUT2D eigenvalue weighted by atomic mass is 32.2. The molecule has 3 aliphatic rings. The van der Waals surface area contributed by atoms with E-state index in [4.69, 9.17) is 0 Å². The fraction of sp³-hybridized carbons (Fsp3) is 0.929. The fourth-order valence-corrected chi connectivity index (χ4v) is 5.29. The van der Waals surface area contributed by atoms with Crippen LogP contribution in [0.2, 0.25) is 0 Å². The van der Waals surface area contributed by atoms with Crippen LogP contribution in [0.1, 0.15) is 38.5 Å². The molecule has 0 aromatic carbocycles. The number of nitrogens with zero attached hydrogens (tertiary/aromatic N) is 1. The van der Waals surface area contributed by atoms with Gasteiger partial charge in [-0.2, -0.15) is 0 Å². The molecule has 0 radical (unpaired) electrons. The Bertz CT molecular complexity index is 493. The lowest BCUT2D eigenvalue weighted by atomic mass is 9.65. The van der Waals surface area contributed by atoms with Gasteiger partial charge in [-0.25, -0.2) is 8.42 Å². The van der Waals surface area contributed by atoms with Crippen LogP contribution in [-0.2, 0) is 9.84 Å². The molecule has 0 bridgehead atoms. The lowest BCUT2D eigenvalue weighted by Gasteiger charge is -2.43. The predicted octanol–water partition coefficient (Wildman–Crippen LogP) is 0.919. The van der Waals surface area contributed by atoms with Crippen LogP contribution in [0.4, 0.5) is 0 Å². The van der Waals surface area contributed by atoms with Crippen molar-refractivity contribution in [1.82, 2.24) is 10.6 Å². The molecule has 3 fully saturated rings. The second kappa shape index (κ2) is 5.20. The zero-order chi connectivity index (χ0) is 14.2. The molecule has 6 heteroatoms. The van der Waals surface area contributed by atoms with Crippen molar-refractivity contribution in [3.05, 3.63) is 0 Å². The summed E-state index contributed by atoms with van der Waals surface area (Å²) >= 11 is 0. The van der Waals surface area contributed by atoms with Crippen molar-refractivity contribution in [2.75, 3.05) is 25.1 Å². The van der Waals surface area contributed by atoms with Crippen LogP contribution in [0.25, 0.3) is 0 Å². The molecular formula is C14H25N3O2S. The lowest BCUT2D eigenvalue weighted by molar-refractivity contribution is 0.106. The van der Waals surface area contributed by atoms with Crippen LogP contribution < -0.4 is 10.6 Å². The Balaban J connectivity index is 1.50. The lowest BCUT2D eigenvalue weighted by Crippen LogP contribution is -2.50. The summed E-state index contributed by atoms with van der Waals surface area (Å²) in [5.74, 6) is 2.21. The first-order chi connectivity index (χ1) is 9.53. The summed E-state index contributed by atoms with van der Waals surface area (Å²) in [6.07, 6.45) is 7.48. The monoisotopic (exact) mass is 299 g/mol. The largest absolute Gasteiger partial charge is 0.356 e. The van der Waals surface area contributed by atoms with Crippen molar-refractivity contribution >= 4 is 15.8 Å². The molecule has 1 heterocycles. The van der Waals surface area contributed by atoms with E-state index in [9.17, 15) is 8.42 Å². The molecule has 2 aliphatic carbocycles. The minimum atomic E-state index is -2.83. The van der Waals surface area contributed by atoms with Crippen LogP contribution in [0, 0.1) is 11.3 Å². The zero-order valence-corrected chi connectivity index (χ0v) is 13.0. The summed E-state index contributed by atoms with van der Waals surface area (Å²) in [5.41, 5.74) is 0.499. The first kappa shape index (κ1) is 14.2. The third kappa shape index (κ3) is 2.95. The van der Waals surface area contributed by atoms with Gasteiger partial charge in [0.15, 0.2) is 15.8 Å². The van der Waals surface area contributed by atoms with Gasteiger partial charge in [0.2, 0.25) is 0 Å². The topological polar surface area (TPSA) is 70.6 Å². The number of sulfone groups is 1. The average molecular weight is 299 g/mol. The van der Waals surface area contributed by atoms with Gasteiger partial charge in [-0.05, 0) is 43.4 Å². The van der Waals surface area contributed by atoms with Crippen LogP contribution in [0.15, 0.2) is 4.99 Å². The molecule has 20 heavy (non-hydrogen) atoms. The molecule has 1 atom stereocenters. The van der Waals surface area contributed by atoms with E-state index in [1.54, 1.807) is 7.05 Å². The molecule has 2 N–H and O–H groups in total. The van der Waals surface area contributed by atoms with Gasteiger partial charge in [-0.1, -0.05) is 6.42 Å². The number of guanidine groups is 1. The summed E-state index contributed by atoms with van der Waals surface area (Å²) < 4.78 is 23.0. The Labute approximate surface area is 121 Å². The number of hydrogen-bond donors (Lipinski definition) is 2. The van der Waals surface area contributed by atoms with Crippen LogP contribution in [-0.4, -0.2) is 45.5 Å². The number of rotatable bonds is 4. The second-order valence-electron chi connectivity index (χ2n) is 6.66. The Kier molecular flexibility index (Phi) is 3.69. The van der Waals surface area contributed by atoms with Gasteiger partial charge in [0, 0.05) is 19.6 Å². The highest BCUT2D eigenvalue weighted by molar-refractivity contribution is 7.91. The second-order valence-corrected chi connectivity index (χ2v) is 8.89. The van der Waals surface area contributed by atoms with Gasteiger partial charge in [-0.3, -0.25) is 4.99 Å². The Morgan fingerprint density at radius 3 is 2.50 bits per heavy atom. The third-order valence-electron chi connectivity index (χ3n) is 5.20. The Morgan fingerprint density at radius 1 is 1.30 bits per heavy atom. The predicted molar refractivity (Wildman–Crippen MR) is 80.6 cm³/mol. The first-order valence-corrected chi connectivity index (χ1v) is 9.53. The zero-order valence-electron chi connectivity index (χ0n) is 12.2. The highest BCUT2D eigenvalue weighted by Crippen LogP contribution is 2.56. The average Bonchev–Trinajstić information content (AvgIpc) is 3.12. The van der Waals surface area contributed by atoms with Crippen LogP contribution >= 0.6 is 0 Å². The normalized spacial score (nSPS) is 31.6. The molecule has 0 aromatic rings. The number of aliphatic imine (C=N–C) groups is 1. The maximum Gasteiger partial charge on any atom is 0.191 e. The molecule has 1 saturated heterocycles. The van der Waals surface area contributed by atoms with Crippen LogP contribution in [0.3, 0.4) is 0 Å². The van der Waals surface area contributed by atoms with Gasteiger partial charge in [-0.15, -0.1) is 0 Å². The summed E-state index contributed by atoms with van der Waals surface area (Å²) in [6.45, 7) is 0.983. The van der Waals surface area contributed by atoms with Gasteiger partial charge >= 0.3 is 0 Å². The Morgan fingerprint density at radius 2 is 2.05 bits per heavy atom. The maximum atomic E-state index is 11.5. The summed E-state index contributed by atoms with van der Waals surface area (Å²) in [6, 6.07) is 0.0180. The summed E-state index contributed by atoms with van der Waals surface area (Å²) in [5, 5.41) is 6.69. The van der Waals surface area contributed by atoms with E-state index in [0.29, 0.717) is 17.6 Å². The van der Waals surface area contributed by atoms with E-state index in [0.717, 1.165) is 18.4 Å². The van der Waals surface area contributed by atoms with Crippen molar-refractivity contribution in [3.63, 3.8) is 0 Å². The number of nitrogens with one attached hydrogen (secondary N) is 2. The highest BCUT2D eigenvalue weighted by Gasteiger charge is 2.48. The van der Waals surface area contributed by atoms with E-state index in [-0.39, 0.29) is 11.8 Å². The molecule has 1 unspecified atom stereocenters. The van der Waals surface area contributed by atoms with Crippen molar-refractivity contribution < 1.29 is 8.42 Å². The molecule has 0 amide bonds. The first-order valence-electron chi connectivity index (χ1n) is 7.71. The van der Waals surface area contributed by atoms with Crippen molar-refractivity contribution in [1.29, 1.82) is 0 Å². The van der Waals surface area contributed by atoms with Gasteiger partial charge in [0.25, 0.3) is 0 Å². The molecule has 0 spiro atoms. The van der Waals surface area contributed by atoms with Gasteiger partial charge in [0.05, 0.1) is 11.5 Å². The molecular weight excluding hydrogens is 274 g/mol. The van der Waals surface area contributed by atoms with E-state index >= 15 is 0 Å². The van der Waals surface area contributed by atoms with Crippen molar-refractivity contribution in [2.45, 2.75) is 44.6 Å². The molecule has 1 aliphatic heterocycles. The van der Waals surface area contributed by atoms with Crippen LogP contribution in [0.5, 0.6) is 0 Å². The van der Waals surface area contributed by atoms with Crippen molar-refractivity contribution in [3.8, 4) is 0 Å². The summed E-state index contributed by atoms with van der Waals surface area (Å²) in [4.78, 5) is 4.24. The summed E-state index contributed by atoms with van der Waals surface area (Å²) in [7, 11) is -1.08. The number of hydrogen-bond acceptors (Lipinski definition) is 3. The van der Waals surface area contributed by atoms with E-state index in [1.807, 2.05) is 0 Å². The minimum Gasteiger partial charge on any atom is -0.356 e. The van der Waals surface area contributed by atoms with E-state index in [2.05, 4.69) is 15.6 Å². The molecule has 2 saturated carbocycles. The van der Waals surface area contributed by atoms with E-state index in [1.165, 1.54) is 32.1 Å². The smallest absolute Gasteiger partial charge is 0.191 e. The standard InChI is InChI=1S/C14H25N3O2S/c1-15-13(17-12-5-8-20(18,19)9-12)16-10-14(6-2-7-14)11-3-4-11/h11-12H,2-10H2,1H3,(H2,15,16,17). The molecule has 0 aromatic heterocycles. The molecule has 114 valence electrons. The molecule has 5 nitrogen and oxygen atoms in total. The molecule has 3 rings (SSSR count). The quantitative estimate of drug-likeness (QED) is 0.598. The van der Waals surface area contributed by atoms with E-state index < -0.39 is 9.84 Å². The van der Waals surface area contributed by atoms with Gasteiger partial charge < -0.3 is 10.6 Å². The third-order valence-corrected chi connectivity index (χ3v) is 6.97. The fourth-order valence-electron chi connectivity index (χ4n) is 3.61. The SMILES string of the molecule is CN=C(NCC1(C2CC2)CCC1)NC1CCS(=O)(=O)C1.